The first-order valence-electron chi connectivity index (χ1n) is 11.3. The van der Waals surface area contributed by atoms with Gasteiger partial charge in [-0.15, -0.1) is 0 Å². The second kappa shape index (κ2) is 8.89. The quantitative estimate of drug-likeness (QED) is 0.683. The molecule has 2 amide bonds. The number of carbonyl (C=O) groups excluding carboxylic acids is 2. The van der Waals surface area contributed by atoms with Crippen LogP contribution in [0, 0.1) is 19.7 Å². The molecule has 0 atom stereocenters. The van der Waals surface area contributed by atoms with Crippen LogP contribution >= 0.6 is 0 Å². The molecule has 8 heteroatoms. The van der Waals surface area contributed by atoms with Crippen LogP contribution < -0.4 is 0 Å². The second-order valence-corrected chi connectivity index (χ2v) is 11.3. The highest BCUT2D eigenvalue weighted by atomic mass is 32.2. The molecule has 1 saturated heterocycles. The van der Waals surface area contributed by atoms with E-state index in [1.807, 2.05) is 13.0 Å². The Labute approximate surface area is 194 Å². The van der Waals surface area contributed by atoms with Crippen molar-refractivity contribution in [3.8, 4) is 0 Å². The lowest BCUT2D eigenvalue weighted by atomic mass is 10.0. The number of amides is 2. The maximum Gasteiger partial charge on any atom is 0.253 e. The predicted octanol–water partition coefficient (Wildman–Crippen LogP) is 3.51. The average Bonchev–Trinajstić information content (AvgIpc) is 3.32. The summed E-state index contributed by atoms with van der Waals surface area (Å²) < 4.78 is 39.4. The van der Waals surface area contributed by atoms with Gasteiger partial charge in [-0.3, -0.25) is 9.59 Å². The number of carbonyl (C=O) groups is 2. The van der Waals surface area contributed by atoms with Gasteiger partial charge in [-0.1, -0.05) is 25.0 Å². The minimum absolute atomic E-state index is 0.222. The Hall–Kier alpha value is -2.74. The molecule has 2 aliphatic rings. The Balaban J connectivity index is 1.54. The van der Waals surface area contributed by atoms with Crippen molar-refractivity contribution < 1.29 is 22.4 Å². The molecule has 2 aromatic rings. The highest BCUT2D eigenvalue weighted by molar-refractivity contribution is 7.93. The first kappa shape index (κ1) is 23.4. The Morgan fingerprint density at radius 2 is 1.45 bits per heavy atom. The average molecular weight is 473 g/mol. The number of halogens is 1. The summed E-state index contributed by atoms with van der Waals surface area (Å²) in [6, 6.07) is 10.7. The van der Waals surface area contributed by atoms with Crippen LogP contribution in [0.5, 0.6) is 0 Å². The molecule has 0 spiro atoms. The van der Waals surface area contributed by atoms with Crippen LogP contribution in [0.4, 0.5) is 4.39 Å². The van der Waals surface area contributed by atoms with E-state index in [1.165, 1.54) is 24.3 Å². The number of hydrogen-bond donors (Lipinski definition) is 0. The molecule has 4 rings (SSSR count). The van der Waals surface area contributed by atoms with E-state index >= 15 is 0 Å². The van der Waals surface area contributed by atoms with Crippen molar-refractivity contribution in [1.29, 1.82) is 0 Å². The predicted molar refractivity (Wildman–Crippen MR) is 123 cm³/mol. The van der Waals surface area contributed by atoms with Crippen LogP contribution in [-0.4, -0.2) is 61.0 Å². The molecular weight excluding hydrogens is 443 g/mol. The fourth-order valence-corrected chi connectivity index (χ4v) is 7.37. The lowest BCUT2D eigenvalue weighted by molar-refractivity contribution is -0.135. The zero-order valence-corrected chi connectivity index (χ0v) is 19.8. The molecule has 2 fully saturated rings. The van der Waals surface area contributed by atoms with Crippen LogP contribution in [0.15, 0.2) is 47.4 Å². The molecule has 0 bridgehead atoms. The first-order chi connectivity index (χ1) is 15.7. The molecule has 0 N–H and O–H groups in total. The van der Waals surface area contributed by atoms with Gasteiger partial charge in [0.05, 0.1) is 4.90 Å². The monoisotopic (exact) mass is 472 g/mol. The van der Waals surface area contributed by atoms with E-state index in [2.05, 4.69) is 0 Å². The van der Waals surface area contributed by atoms with E-state index in [9.17, 15) is 22.4 Å². The Morgan fingerprint density at radius 3 is 2.06 bits per heavy atom. The third kappa shape index (κ3) is 4.16. The van der Waals surface area contributed by atoms with E-state index in [4.69, 9.17) is 0 Å². The number of benzene rings is 2. The minimum atomic E-state index is -3.89. The molecule has 0 radical (unpaired) electrons. The molecule has 1 saturated carbocycles. The normalized spacial score (nSPS) is 18.4. The summed E-state index contributed by atoms with van der Waals surface area (Å²) in [5.74, 6) is -0.982. The standard InChI is InChI=1S/C25H29FN2O4S/c1-18-5-6-19(2)22(17-18)33(31,32)25(11-3-4-12-25)24(30)28-15-13-27(14-16-28)23(29)20-7-9-21(26)10-8-20/h5-10,17H,3-4,11-16H2,1-2H3. The Bertz CT molecular complexity index is 1160. The summed E-state index contributed by atoms with van der Waals surface area (Å²) in [7, 11) is -3.89. The number of nitrogens with zero attached hydrogens (tertiary/aromatic N) is 2. The van der Waals surface area contributed by atoms with Crippen LogP contribution in [0.2, 0.25) is 0 Å². The number of hydrogen-bond acceptors (Lipinski definition) is 4. The van der Waals surface area contributed by atoms with Gasteiger partial charge in [-0.2, -0.15) is 0 Å². The van der Waals surface area contributed by atoms with Gasteiger partial charge < -0.3 is 9.80 Å². The van der Waals surface area contributed by atoms with Gasteiger partial charge in [-0.05, 0) is 68.1 Å². The highest BCUT2D eigenvalue weighted by Crippen LogP contribution is 2.43. The van der Waals surface area contributed by atoms with Gasteiger partial charge in [0.15, 0.2) is 14.6 Å². The largest absolute Gasteiger partial charge is 0.338 e. The molecule has 0 unspecified atom stereocenters. The summed E-state index contributed by atoms with van der Waals surface area (Å²) in [6.45, 7) is 4.77. The molecule has 0 aromatic heterocycles. The van der Waals surface area contributed by atoms with Crippen molar-refractivity contribution in [1.82, 2.24) is 9.80 Å². The molecule has 6 nitrogen and oxygen atoms in total. The van der Waals surface area contributed by atoms with Gasteiger partial charge in [0.2, 0.25) is 5.91 Å². The molecule has 1 aliphatic heterocycles. The van der Waals surface area contributed by atoms with Crippen molar-refractivity contribution in [3.05, 3.63) is 65.0 Å². The topological polar surface area (TPSA) is 74.8 Å². The zero-order chi connectivity index (χ0) is 23.8. The number of sulfone groups is 1. The summed E-state index contributed by atoms with van der Waals surface area (Å²) in [4.78, 5) is 29.9. The van der Waals surface area contributed by atoms with Crippen LogP contribution in [0.25, 0.3) is 0 Å². The first-order valence-corrected chi connectivity index (χ1v) is 12.8. The van der Waals surface area contributed by atoms with Crippen molar-refractivity contribution in [2.24, 2.45) is 0 Å². The van der Waals surface area contributed by atoms with Crippen molar-refractivity contribution in [3.63, 3.8) is 0 Å². The maximum atomic E-state index is 13.9. The summed E-state index contributed by atoms with van der Waals surface area (Å²) in [5, 5.41) is 0. The van der Waals surface area contributed by atoms with Crippen LogP contribution in [0.3, 0.4) is 0 Å². The minimum Gasteiger partial charge on any atom is -0.338 e. The van der Waals surface area contributed by atoms with Crippen LogP contribution in [0.1, 0.15) is 47.2 Å². The van der Waals surface area contributed by atoms with Gasteiger partial charge in [-0.25, -0.2) is 12.8 Å². The zero-order valence-electron chi connectivity index (χ0n) is 19.0. The van der Waals surface area contributed by atoms with E-state index in [-0.39, 0.29) is 29.8 Å². The molecule has 2 aromatic carbocycles. The van der Waals surface area contributed by atoms with E-state index in [0.29, 0.717) is 49.9 Å². The lowest BCUT2D eigenvalue weighted by Gasteiger charge is -2.39. The van der Waals surface area contributed by atoms with Crippen molar-refractivity contribution >= 4 is 21.7 Å². The highest BCUT2D eigenvalue weighted by Gasteiger charge is 2.55. The number of aryl methyl sites for hydroxylation is 2. The second-order valence-electron chi connectivity index (χ2n) is 9.07. The smallest absolute Gasteiger partial charge is 0.253 e. The third-order valence-electron chi connectivity index (χ3n) is 6.89. The molecule has 176 valence electrons. The third-order valence-corrected chi connectivity index (χ3v) is 9.52. The SMILES string of the molecule is Cc1ccc(C)c(S(=O)(=O)C2(C(=O)N3CCN(C(=O)c4ccc(F)cc4)CC3)CCCC2)c1. The molecular formula is C25H29FN2O4S. The fraction of sp³-hybridized carbons (Fsp3) is 0.440. The Morgan fingerprint density at radius 1 is 0.879 bits per heavy atom. The Kier molecular flexibility index (Phi) is 6.31. The molecule has 1 aliphatic carbocycles. The van der Waals surface area contributed by atoms with Gasteiger partial charge in [0.25, 0.3) is 5.91 Å². The summed E-state index contributed by atoms with van der Waals surface area (Å²) in [6.07, 6.45) is 2.02. The molecule has 1 heterocycles. The lowest BCUT2D eigenvalue weighted by Crippen LogP contribution is -2.58. The van der Waals surface area contributed by atoms with Gasteiger partial charge >= 0.3 is 0 Å². The van der Waals surface area contributed by atoms with E-state index in [0.717, 1.165) is 5.56 Å². The van der Waals surface area contributed by atoms with E-state index in [1.54, 1.807) is 28.9 Å². The van der Waals surface area contributed by atoms with Crippen molar-refractivity contribution in [2.75, 3.05) is 26.2 Å². The fourth-order valence-electron chi connectivity index (χ4n) is 4.93. The van der Waals surface area contributed by atoms with E-state index < -0.39 is 20.4 Å². The maximum absolute atomic E-state index is 13.9. The summed E-state index contributed by atoms with van der Waals surface area (Å²) in [5.41, 5.74) is 1.88. The van der Waals surface area contributed by atoms with Crippen LogP contribution in [-0.2, 0) is 14.6 Å². The number of rotatable bonds is 4. The number of piperazine rings is 1. The van der Waals surface area contributed by atoms with Crippen molar-refractivity contribution in [2.45, 2.75) is 49.2 Å². The van der Waals surface area contributed by atoms with Gasteiger partial charge in [0, 0.05) is 31.7 Å². The van der Waals surface area contributed by atoms with Gasteiger partial charge in [0.1, 0.15) is 5.82 Å². The molecule has 33 heavy (non-hydrogen) atoms. The summed E-state index contributed by atoms with van der Waals surface area (Å²) >= 11 is 0.